The Bertz CT molecular complexity index is 867. The highest BCUT2D eigenvalue weighted by Crippen LogP contribution is 2.40. The second-order valence-electron chi connectivity index (χ2n) is 7.26. The molecule has 1 unspecified atom stereocenters. The fourth-order valence-electron chi connectivity index (χ4n) is 4.26. The molecular formula is C20H24BrN3O3. The molecule has 1 atom stereocenters. The predicted molar refractivity (Wildman–Crippen MR) is 109 cm³/mol. The van der Waals surface area contributed by atoms with Crippen LogP contribution in [0.25, 0.3) is 10.9 Å². The number of ether oxygens (including phenoxy) is 1. The van der Waals surface area contributed by atoms with E-state index in [1.54, 1.807) is 12.0 Å². The van der Waals surface area contributed by atoms with Gasteiger partial charge in [0, 0.05) is 36.7 Å². The number of rotatable bonds is 3. The molecule has 144 valence electrons. The molecule has 6 nitrogen and oxygen atoms in total. The summed E-state index contributed by atoms with van der Waals surface area (Å²) in [6.07, 6.45) is 4.42. The third kappa shape index (κ3) is 3.45. The van der Waals surface area contributed by atoms with E-state index in [1.165, 1.54) is 6.42 Å². The van der Waals surface area contributed by atoms with Crippen LogP contribution in [0.3, 0.4) is 0 Å². The number of methoxy groups -OCH3 is 1. The summed E-state index contributed by atoms with van der Waals surface area (Å²) in [5.41, 5.74) is 1.90. The summed E-state index contributed by atoms with van der Waals surface area (Å²) in [5, 5.41) is 10.6. The van der Waals surface area contributed by atoms with Gasteiger partial charge in [0.1, 0.15) is 11.6 Å². The Morgan fingerprint density at radius 2 is 1.96 bits per heavy atom. The maximum atomic E-state index is 11.7. The van der Waals surface area contributed by atoms with Crippen LogP contribution in [0.1, 0.15) is 43.7 Å². The molecule has 2 aliphatic rings. The number of fused-ring (bicyclic) bond motifs is 1. The average molecular weight is 434 g/mol. The molecule has 27 heavy (non-hydrogen) atoms. The van der Waals surface area contributed by atoms with Crippen LogP contribution in [0, 0.1) is 0 Å². The van der Waals surface area contributed by atoms with E-state index in [0.29, 0.717) is 6.54 Å². The van der Waals surface area contributed by atoms with Gasteiger partial charge in [-0.2, -0.15) is 0 Å². The summed E-state index contributed by atoms with van der Waals surface area (Å²) in [5.74, 6) is 1.69. The average Bonchev–Trinajstić information content (AvgIpc) is 3.17. The molecule has 0 radical (unpaired) electrons. The van der Waals surface area contributed by atoms with Gasteiger partial charge in [-0.15, -0.1) is 0 Å². The smallest absolute Gasteiger partial charge is 0.407 e. The van der Waals surface area contributed by atoms with E-state index in [-0.39, 0.29) is 6.04 Å². The predicted octanol–water partition coefficient (Wildman–Crippen LogP) is 4.81. The number of carbonyl (C=O) groups is 1. The molecule has 2 fully saturated rings. The first kappa shape index (κ1) is 18.3. The van der Waals surface area contributed by atoms with Crippen LogP contribution < -0.4 is 9.64 Å². The minimum absolute atomic E-state index is 0.128. The lowest BCUT2D eigenvalue weighted by atomic mass is 10.0. The van der Waals surface area contributed by atoms with Crippen molar-refractivity contribution in [2.24, 2.45) is 0 Å². The van der Waals surface area contributed by atoms with E-state index in [0.717, 1.165) is 71.3 Å². The highest BCUT2D eigenvalue weighted by molar-refractivity contribution is 9.10. The largest absolute Gasteiger partial charge is 0.495 e. The van der Waals surface area contributed by atoms with Gasteiger partial charge in [0.15, 0.2) is 0 Å². The number of nitrogens with zero attached hydrogens (tertiary/aromatic N) is 3. The third-order valence-corrected chi connectivity index (χ3v) is 6.23. The van der Waals surface area contributed by atoms with Crippen molar-refractivity contribution >= 4 is 38.7 Å². The normalized spacial score (nSPS) is 20.3. The first-order chi connectivity index (χ1) is 13.1. The Kier molecular flexibility index (Phi) is 5.12. The summed E-state index contributed by atoms with van der Waals surface area (Å²) < 4.78 is 6.30. The van der Waals surface area contributed by atoms with E-state index in [4.69, 9.17) is 9.72 Å². The summed E-state index contributed by atoms with van der Waals surface area (Å²) in [6.45, 7) is 2.53. The summed E-state index contributed by atoms with van der Waals surface area (Å²) in [6, 6.07) is 5.95. The summed E-state index contributed by atoms with van der Waals surface area (Å²) in [7, 11) is 1.65. The SMILES string of the molecule is COc1cc2nc(N3CCCCC3)c(C3CCCN3C(=O)O)cc2cc1Br. The zero-order chi connectivity index (χ0) is 19.0. The van der Waals surface area contributed by atoms with Crippen LogP contribution in [0.15, 0.2) is 22.7 Å². The number of piperidine rings is 1. The van der Waals surface area contributed by atoms with Crippen molar-refractivity contribution in [3.05, 3.63) is 28.2 Å². The summed E-state index contributed by atoms with van der Waals surface area (Å²) >= 11 is 3.55. The highest BCUT2D eigenvalue weighted by Gasteiger charge is 2.33. The molecule has 7 heteroatoms. The molecule has 3 heterocycles. The van der Waals surface area contributed by atoms with Gasteiger partial charge in [0.05, 0.1) is 23.1 Å². The van der Waals surface area contributed by atoms with Crippen LogP contribution in [0.2, 0.25) is 0 Å². The first-order valence-corrected chi connectivity index (χ1v) is 10.3. The van der Waals surface area contributed by atoms with Crippen molar-refractivity contribution in [2.45, 2.75) is 38.1 Å². The topological polar surface area (TPSA) is 65.9 Å². The Morgan fingerprint density at radius 1 is 1.19 bits per heavy atom. The molecule has 1 N–H and O–H groups in total. The Balaban J connectivity index is 1.87. The molecule has 4 rings (SSSR count). The number of aromatic nitrogens is 1. The zero-order valence-corrected chi connectivity index (χ0v) is 17.0. The molecule has 0 aliphatic carbocycles. The Hall–Kier alpha value is -2.02. The van der Waals surface area contributed by atoms with E-state index in [1.807, 2.05) is 12.1 Å². The molecule has 0 spiro atoms. The van der Waals surface area contributed by atoms with Gasteiger partial charge in [-0.1, -0.05) is 0 Å². The van der Waals surface area contributed by atoms with Gasteiger partial charge in [-0.3, -0.25) is 0 Å². The molecule has 2 aliphatic heterocycles. The van der Waals surface area contributed by atoms with Crippen molar-refractivity contribution in [2.75, 3.05) is 31.6 Å². The highest BCUT2D eigenvalue weighted by atomic mass is 79.9. The minimum atomic E-state index is -0.849. The number of carboxylic acid groups (broad SMARTS) is 1. The van der Waals surface area contributed by atoms with Gasteiger partial charge in [-0.05, 0) is 60.2 Å². The van der Waals surface area contributed by atoms with E-state index < -0.39 is 6.09 Å². The van der Waals surface area contributed by atoms with Crippen LogP contribution in [-0.4, -0.2) is 47.8 Å². The minimum Gasteiger partial charge on any atom is -0.495 e. The number of amides is 1. The maximum absolute atomic E-state index is 11.7. The molecule has 1 amide bonds. The van der Waals surface area contributed by atoms with Crippen molar-refractivity contribution < 1.29 is 14.6 Å². The van der Waals surface area contributed by atoms with Gasteiger partial charge >= 0.3 is 6.09 Å². The van der Waals surface area contributed by atoms with Crippen LogP contribution >= 0.6 is 15.9 Å². The van der Waals surface area contributed by atoms with Crippen molar-refractivity contribution in [3.63, 3.8) is 0 Å². The second kappa shape index (κ2) is 7.54. The third-order valence-electron chi connectivity index (χ3n) is 5.61. The van der Waals surface area contributed by atoms with Gasteiger partial charge in [0.2, 0.25) is 0 Å². The molecule has 2 aromatic rings. The van der Waals surface area contributed by atoms with E-state index >= 15 is 0 Å². The van der Waals surface area contributed by atoms with Crippen molar-refractivity contribution in [1.29, 1.82) is 0 Å². The summed E-state index contributed by atoms with van der Waals surface area (Å²) in [4.78, 5) is 20.6. The quantitative estimate of drug-likeness (QED) is 0.751. The number of halogens is 1. The number of hydrogen-bond donors (Lipinski definition) is 1. The molecule has 0 saturated carbocycles. The first-order valence-electron chi connectivity index (χ1n) is 9.51. The van der Waals surface area contributed by atoms with E-state index in [9.17, 15) is 9.90 Å². The molecule has 2 saturated heterocycles. The zero-order valence-electron chi connectivity index (χ0n) is 15.4. The molecule has 0 bridgehead atoms. The van der Waals surface area contributed by atoms with Crippen LogP contribution in [-0.2, 0) is 0 Å². The number of benzene rings is 1. The Morgan fingerprint density at radius 3 is 2.67 bits per heavy atom. The fourth-order valence-corrected chi connectivity index (χ4v) is 4.78. The molecular weight excluding hydrogens is 410 g/mol. The monoisotopic (exact) mass is 433 g/mol. The molecule has 1 aromatic carbocycles. The van der Waals surface area contributed by atoms with Gasteiger partial charge < -0.3 is 19.6 Å². The van der Waals surface area contributed by atoms with Crippen LogP contribution in [0.5, 0.6) is 5.75 Å². The fraction of sp³-hybridized carbons (Fsp3) is 0.500. The number of pyridine rings is 1. The molecule has 1 aromatic heterocycles. The lowest BCUT2D eigenvalue weighted by Crippen LogP contribution is -2.34. The maximum Gasteiger partial charge on any atom is 0.407 e. The van der Waals surface area contributed by atoms with Gasteiger partial charge in [0.25, 0.3) is 0 Å². The number of hydrogen-bond acceptors (Lipinski definition) is 4. The van der Waals surface area contributed by atoms with Gasteiger partial charge in [-0.25, -0.2) is 9.78 Å². The van der Waals surface area contributed by atoms with Crippen molar-refractivity contribution in [1.82, 2.24) is 9.88 Å². The van der Waals surface area contributed by atoms with Crippen LogP contribution in [0.4, 0.5) is 10.6 Å². The Labute approximate surface area is 167 Å². The number of anilines is 1. The standard InChI is InChI=1S/C20H24BrN3O3/c1-27-18-12-16-13(11-15(18)21)10-14(17-6-5-9-24(17)20(25)26)19(22-16)23-7-3-2-4-8-23/h10-12,17H,2-9H2,1H3,(H,25,26). The number of likely N-dealkylation sites (tertiary alicyclic amines) is 1. The van der Waals surface area contributed by atoms with E-state index in [2.05, 4.69) is 26.9 Å². The lowest BCUT2D eigenvalue weighted by Gasteiger charge is -2.32. The van der Waals surface area contributed by atoms with Crippen molar-refractivity contribution in [3.8, 4) is 5.75 Å². The second-order valence-corrected chi connectivity index (χ2v) is 8.12. The lowest BCUT2D eigenvalue weighted by molar-refractivity contribution is 0.140.